The summed E-state index contributed by atoms with van der Waals surface area (Å²) in [5, 5.41) is 6.35. The van der Waals surface area contributed by atoms with Crippen LogP contribution in [0.2, 0.25) is 0 Å². The van der Waals surface area contributed by atoms with E-state index in [0.717, 1.165) is 10.0 Å². The van der Waals surface area contributed by atoms with E-state index < -0.39 is 11.8 Å². The Labute approximate surface area is 176 Å². The first-order valence-corrected chi connectivity index (χ1v) is 9.57. The van der Waals surface area contributed by atoms with E-state index in [-0.39, 0.29) is 0 Å². The summed E-state index contributed by atoms with van der Waals surface area (Å²) in [6, 6.07) is 23.8. The molecule has 0 spiro atoms. The lowest BCUT2D eigenvalue weighted by atomic mass is 10.2. The molecule has 0 aliphatic carbocycles. The van der Waals surface area contributed by atoms with Crippen LogP contribution in [-0.2, 0) is 16.2 Å². The summed E-state index contributed by atoms with van der Waals surface area (Å²) in [6.45, 7) is 0.393. The molecule has 0 saturated heterocycles. The fourth-order valence-electron chi connectivity index (χ4n) is 2.38. The number of hydrazone groups is 1. The van der Waals surface area contributed by atoms with Crippen LogP contribution in [-0.4, -0.2) is 18.0 Å². The van der Waals surface area contributed by atoms with Gasteiger partial charge in [-0.3, -0.25) is 9.59 Å². The molecule has 0 aromatic heterocycles. The van der Waals surface area contributed by atoms with Crippen LogP contribution < -0.4 is 15.5 Å². The summed E-state index contributed by atoms with van der Waals surface area (Å²) < 4.78 is 6.85. The lowest BCUT2D eigenvalue weighted by Gasteiger charge is -2.09. The highest BCUT2D eigenvalue weighted by Crippen LogP contribution is 2.18. The van der Waals surface area contributed by atoms with Crippen molar-refractivity contribution in [3.8, 4) is 5.75 Å². The predicted octanol–water partition coefficient (Wildman–Crippen LogP) is 4.12. The Balaban J connectivity index is 1.56. The number of para-hydroxylation sites is 2. The van der Waals surface area contributed by atoms with Gasteiger partial charge >= 0.3 is 11.8 Å². The van der Waals surface area contributed by atoms with E-state index in [2.05, 4.69) is 31.8 Å². The normalized spacial score (nSPS) is 10.5. The quantitative estimate of drug-likeness (QED) is 0.336. The molecule has 0 unspecified atom stereocenters. The maximum Gasteiger partial charge on any atom is 0.329 e. The van der Waals surface area contributed by atoms with E-state index in [0.29, 0.717) is 23.6 Å². The van der Waals surface area contributed by atoms with Gasteiger partial charge in [0.15, 0.2) is 0 Å². The van der Waals surface area contributed by atoms with Gasteiger partial charge in [-0.1, -0.05) is 58.4 Å². The Kier molecular flexibility index (Phi) is 7.13. The fraction of sp³-hybridized carbons (Fsp3) is 0.0455. The van der Waals surface area contributed by atoms with Crippen molar-refractivity contribution in [1.29, 1.82) is 0 Å². The zero-order chi connectivity index (χ0) is 20.5. The maximum atomic E-state index is 11.9. The van der Waals surface area contributed by atoms with Crippen LogP contribution in [0.5, 0.6) is 5.75 Å². The maximum absolute atomic E-state index is 11.9. The summed E-state index contributed by atoms with van der Waals surface area (Å²) in [6.07, 6.45) is 1.44. The average molecular weight is 452 g/mol. The minimum Gasteiger partial charge on any atom is -0.488 e. The Morgan fingerprint density at radius 1 is 0.897 bits per heavy atom. The number of rotatable bonds is 6. The molecule has 2 N–H and O–H groups in total. The second kappa shape index (κ2) is 10.2. The van der Waals surface area contributed by atoms with Crippen molar-refractivity contribution in [2.75, 3.05) is 5.32 Å². The molecule has 29 heavy (non-hydrogen) atoms. The zero-order valence-electron chi connectivity index (χ0n) is 15.3. The van der Waals surface area contributed by atoms with Crippen molar-refractivity contribution in [3.05, 3.63) is 94.5 Å². The molecule has 3 aromatic carbocycles. The zero-order valence-corrected chi connectivity index (χ0v) is 16.9. The van der Waals surface area contributed by atoms with Gasteiger partial charge in [0, 0.05) is 15.7 Å². The van der Waals surface area contributed by atoms with Crippen molar-refractivity contribution in [2.45, 2.75) is 6.61 Å². The molecule has 0 aliphatic heterocycles. The number of carbonyl (C=O) groups is 2. The number of carbonyl (C=O) groups excluding carboxylic acids is 2. The van der Waals surface area contributed by atoms with E-state index in [9.17, 15) is 9.59 Å². The highest BCUT2D eigenvalue weighted by Gasteiger charge is 2.12. The van der Waals surface area contributed by atoms with Gasteiger partial charge in [0.1, 0.15) is 12.4 Å². The van der Waals surface area contributed by atoms with E-state index >= 15 is 0 Å². The van der Waals surface area contributed by atoms with E-state index in [1.54, 1.807) is 30.3 Å². The van der Waals surface area contributed by atoms with Gasteiger partial charge in [-0.25, -0.2) is 5.43 Å². The molecular weight excluding hydrogens is 434 g/mol. The Bertz CT molecular complexity index is 1010. The number of hydrogen-bond donors (Lipinski definition) is 2. The predicted molar refractivity (Wildman–Crippen MR) is 116 cm³/mol. The number of hydrogen-bond acceptors (Lipinski definition) is 4. The molecule has 3 rings (SSSR count). The van der Waals surface area contributed by atoms with Gasteiger partial charge in [0.25, 0.3) is 0 Å². The monoisotopic (exact) mass is 451 g/mol. The number of nitrogens with one attached hydrogen (secondary N) is 2. The van der Waals surface area contributed by atoms with Gasteiger partial charge in [-0.05, 0) is 42.0 Å². The van der Waals surface area contributed by atoms with Crippen LogP contribution in [0, 0.1) is 0 Å². The summed E-state index contributed by atoms with van der Waals surface area (Å²) in [4.78, 5) is 23.8. The van der Waals surface area contributed by atoms with Gasteiger partial charge in [0.05, 0.1) is 6.21 Å². The minimum atomic E-state index is -0.863. The van der Waals surface area contributed by atoms with Gasteiger partial charge in [-0.15, -0.1) is 0 Å². The number of benzene rings is 3. The van der Waals surface area contributed by atoms with Crippen molar-refractivity contribution < 1.29 is 14.3 Å². The van der Waals surface area contributed by atoms with Gasteiger partial charge in [0.2, 0.25) is 0 Å². The Morgan fingerprint density at radius 2 is 1.59 bits per heavy atom. The van der Waals surface area contributed by atoms with E-state index in [1.165, 1.54) is 6.21 Å². The molecule has 146 valence electrons. The fourth-order valence-corrected chi connectivity index (χ4v) is 2.65. The van der Waals surface area contributed by atoms with Crippen LogP contribution in [0.1, 0.15) is 11.1 Å². The topological polar surface area (TPSA) is 79.8 Å². The molecule has 7 heteroatoms. The SMILES string of the molecule is O=C(NN=Cc1ccccc1OCc1ccc(Br)cc1)C(=O)Nc1ccccc1. The van der Waals surface area contributed by atoms with Crippen LogP contribution in [0.25, 0.3) is 0 Å². The Morgan fingerprint density at radius 3 is 2.34 bits per heavy atom. The molecule has 6 nitrogen and oxygen atoms in total. The number of halogens is 1. The van der Waals surface area contributed by atoms with Crippen LogP contribution >= 0.6 is 15.9 Å². The van der Waals surface area contributed by atoms with E-state index in [4.69, 9.17) is 4.74 Å². The summed E-state index contributed by atoms with van der Waals surface area (Å²) in [5.41, 5.74) is 4.44. The van der Waals surface area contributed by atoms with Crippen LogP contribution in [0.15, 0.2) is 88.4 Å². The standard InChI is InChI=1S/C22H18BrN3O3/c23-18-12-10-16(11-13-18)15-29-20-9-5-4-6-17(20)14-24-26-22(28)21(27)25-19-7-2-1-3-8-19/h1-14H,15H2,(H,25,27)(H,26,28). The van der Waals surface area contributed by atoms with E-state index in [1.807, 2.05) is 48.5 Å². The van der Waals surface area contributed by atoms with Crippen molar-refractivity contribution in [3.63, 3.8) is 0 Å². The minimum absolute atomic E-state index is 0.393. The highest BCUT2D eigenvalue weighted by atomic mass is 79.9. The molecule has 2 amide bonds. The lowest BCUT2D eigenvalue weighted by molar-refractivity contribution is -0.136. The number of ether oxygens (including phenoxy) is 1. The first kappa shape index (κ1) is 20.3. The lowest BCUT2D eigenvalue weighted by Crippen LogP contribution is -2.32. The number of amides is 2. The highest BCUT2D eigenvalue weighted by molar-refractivity contribution is 9.10. The molecule has 0 aliphatic rings. The van der Waals surface area contributed by atoms with Crippen LogP contribution in [0.4, 0.5) is 5.69 Å². The van der Waals surface area contributed by atoms with Gasteiger partial charge in [-0.2, -0.15) is 5.10 Å². The third-order valence-electron chi connectivity index (χ3n) is 3.83. The Hall–Kier alpha value is -3.45. The molecular formula is C22H18BrN3O3. The smallest absolute Gasteiger partial charge is 0.329 e. The molecule has 0 saturated carbocycles. The largest absolute Gasteiger partial charge is 0.488 e. The average Bonchev–Trinajstić information content (AvgIpc) is 2.75. The summed E-state index contributed by atoms with van der Waals surface area (Å²) in [5.74, 6) is -1.05. The first-order chi connectivity index (χ1) is 14.1. The molecule has 0 atom stereocenters. The molecule has 3 aromatic rings. The van der Waals surface area contributed by atoms with Crippen LogP contribution in [0.3, 0.4) is 0 Å². The van der Waals surface area contributed by atoms with Gasteiger partial charge < -0.3 is 10.1 Å². The third kappa shape index (κ3) is 6.29. The number of nitrogens with zero attached hydrogens (tertiary/aromatic N) is 1. The second-order valence-electron chi connectivity index (χ2n) is 5.97. The molecule has 0 fully saturated rings. The summed E-state index contributed by atoms with van der Waals surface area (Å²) in [7, 11) is 0. The molecule has 0 radical (unpaired) electrons. The molecule has 0 bridgehead atoms. The second-order valence-corrected chi connectivity index (χ2v) is 6.89. The summed E-state index contributed by atoms with van der Waals surface area (Å²) >= 11 is 3.40. The van der Waals surface area contributed by atoms with Crippen molar-refractivity contribution in [1.82, 2.24) is 5.43 Å². The van der Waals surface area contributed by atoms with Crippen molar-refractivity contribution >= 4 is 39.6 Å². The first-order valence-electron chi connectivity index (χ1n) is 8.77. The van der Waals surface area contributed by atoms with Crippen molar-refractivity contribution in [2.24, 2.45) is 5.10 Å². The third-order valence-corrected chi connectivity index (χ3v) is 4.36. The molecule has 0 heterocycles. The number of anilines is 1.